The van der Waals surface area contributed by atoms with E-state index in [0.717, 1.165) is 34.0 Å². The highest BCUT2D eigenvalue weighted by Gasteiger charge is 2.28. The molecule has 1 unspecified atom stereocenters. The predicted molar refractivity (Wildman–Crippen MR) is 86.7 cm³/mol. The molecule has 1 atom stereocenters. The van der Waals surface area contributed by atoms with Gasteiger partial charge >= 0.3 is 5.97 Å². The van der Waals surface area contributed by atoms with Gasteiger partial charge in [0.05, 0.1) is 23.9 Å². The van der Waals surface area contributed by atoms with Gasteiger partial charge in [0.1, 0.15) is 0 Å². The molecule has 0 fully saturated rings. The molecular weight excluding hydrogens is 370 g/mol. The Kier molecular flexibility index (Phi) is 3.81. The summed E-state index contributed by atoms with van der Waals surface area (Å²) in [5, 5.41) is 0.969. The quantitative estimate of drug-likeness (QED) is 0.761. The van der Waals surface area contributed by atoms with Crippen molar-refractivity contribution in [3.63, 3.8) is 0 Å². The Morgan fingerprint density at radius 2 is 2.14 bits per heavy atom. The molecule has 2 aromatic rings. The standard InChI is InChI=1S/C15H16BrNO4S/c1-21-15(18)5-9-3-4-17-13(9)8-11-12(16)6-10(7-14(11)17)22(2,19)20/h6-9H,3-5H2,1-2H3. The molecule has 1 aromatic carbocycles. The Balaban J connectivity index is 2.13. The van der Waals surface area contributed by atoms with E-state index in [0.29, 0.717) is 11.3 Å². The van der Waals surface area contributed by atoms with Gasteiger partial charge in [0.2, 0.25) is 0 Å². The van der Waals surface area contributed by atoms with Crippen LogP contribution in [0.2, 0.25) is 0 Å². The number of sulfone groups is 1. The lowest BCUT2D eigenvalue weighted by Crippen LogP contribution is -2.06. The number of carbonyl (C=O) groups excluding carboxylic acids is 1. The van der Waals surface area contributed by atoms with Gasteiger partial charge in [-0.25, -0.2) is 8.42 Å². The van der Waals surface area contributed by atoms with Crippen molar-refractivity contribution in [1.29, 1.82) is 0 Å². The van der Waals surface area contributed by atoms with E-state index < -0.39 is 9.84 Å². The first-order valence-electron chi connectivity index (χ1n) is 6.91. The third-order valence-electron chi connectivity index (χ3n) is 4.16. The third kappa shape index (κ3) is 2.56. The van der Waals surface area contributed by atoms with Gasteiger partial charge < -0.3 is 9.30 Å². The Labute approximate surface area is 137 Å². The Hall–Kier alpha value is -1.34. The van der Waals surface area contributed by atoms with Gasteiger partial charge in [0.25, 0.3) is 0 Å². The zero-order valence-corrected chi connectivity index (χ0v) is 14.7. The molecule has 0 radical (unpaired) electrons. The fourth-order valence-corrected chi connectivity index (χ4v) is 4.41. The Morgan fingerprint density at radius 3 is 2.77 bits per heavy atom. The Bertz CT molecular complexity index is 869. The number of nitrogens with zero attached hydrogens (tertiary/aromatic N) is 1. The molecule has 0 amide bonds. The van der Waals surface area contributed by atoms with Crippen LogP contribution in [0.4, 0.5) is 0 Å². The fourth-order valence-electron chi connectivity index (χ4n) is 3.04. The van der Waals surface area contributed by atoms with Crippen molar-refractivity contribution in [2.24, 2.45) is 0 Å². The molecule has 0 spiro atoms. The summed E-state index contributed by atoms with van der Waals surface area (Å²) >= 11 is 3.46. The van der Waals surface area contributed by atoms with Crippen molar-refractivity contribution in [3.8, 4) is 0 Å². The van der Waals surface area contributed by atoms with Crippen LogP contribution >= 0.6 is 15.9 Å². The van der Waals surface area contributed by atoms with E-state index in [2.05, 4.69) is 20.5 Å². The van der Waals surface area contributed by atoms with E-state index in [-0.39, 0.29) is 11.9 Å². The summed E-state index contributed by atoms with van der Waals surface area (Å²) in [7, 11) is -1.88. The number of methoxy groups -OCH3 is 1. The number of rotatable bonds is 3. The van der Waals surface area contributed by atoms with Gasteiger partial charge in [-0.15, -0.1) is 0 Å². The number of benzene rings is 1. The van der Waals surface area contributed by atoms with Crippen LogP contribution in [0.1, 0.15) is 24.5 Å². The molecule has 0 aliphatic carbocycles. The molecule has 2 heterocycles. The smallest absolute Gasteiger partial charge is 0.306 e. The summed E-state index contributed by atoms with van der Waals surface area (Å²) in [6.07, 6.45) is 2.42. The van der Waals surface area contributed by atoms with Crippen LogP contribution in [0.5, 0.6) is 0 Å². The van der Waals surface area contributed by atoms with Crippen LogP contribution in [0, 0.1) is 0 Å². The van der Waals surface area contributed by atoms with Crippen molar-refractivity contribution < 1.29 is 17.9 Å². The number of aryl methyl sites for hydroxylation is 1. The van der Waals surface area contributed by atoms with E-state index >= 15 is 0 Å². The third-order valence-corrected chi connectivity index (χ3v) is 5.91. The molecule has 7 heteroatoms. The van der Waals surface area contributed by atoms with Crippen LogP contribution in [-0.4, -0.2) is 32.3 Å². The first-order valence-corrected chi connectivity index (χ1v) is 9.59. The maximum Gasteiger partial charge on any atom is 0.306 e. The number of hydrogen-bond acceptors (Lipinski definition) is 4. The van der Waals surface area contributed by atoms with Crippen molar-refractivity contribution in [2.75, 3.05) is 13.4 Å². The summed E-state index contributed by atoms with van der Waals surface area (Å²) < 4.78 is 31.2. The van der Waals surface area contributed by atoms with Gasteiger partial charge in [-0.05, 0) is 24.6 Å². The highest BCUT2D eigenvalue weighted by molar-refractivity contribution is 9.10. The first-order chi connectivity index (χ1) is 10.3. The summed E-state index contributed by atoms with van der Waals surface area (Å²) in [4.78, 5) is 11.8. The second-order valence-electron chi connectivity index (χ2n) is 5.60. The van der Waals surface area contributed by atoms with Crippen molar-refractivity contribution in [1.82, 2.24) is 4.57 Å². The van der Waals surface area contributed by atoms with Crippen LogP contribution in [0.25, 0.3) is 10.9 Å². The molecule has 22 heavy (non-hydrogen) atoms. The van der Waals surface area contributed by atoms with Crippen LogP contribution in [0.3, 0.4) is 0 Å². The van der Waals surface area contributed by atoms with Crippen LogP contribution in [0.15, 0.2) is 27.6 Å². The minimum absolute atomic E-state index is 0.119. The average Bonchev–Trinajstić information content (AvgIpc) is 2.98. The zero-order chi connectivity index (χ0) is 16.1. The predicted octanol–water partition coefficient (Wildman–Crippen LogP) is 2.86. The highest BCUT2D eigenvalue weighted by atomic mass is 79.9. The number of halogens is 1. The van der Waals surface area contributed by atoms with E-state index in [9.17, 15) is 13.2 Å². The van der Waals surface area contributed by atoms with Crippen molar-refractivity contribution in [3.05, 3.63) is 28.4 Å². The lowest BCUT2D eigenvalue weighted by Gasteiger charge is -2.06. The van der Waals surface area contributed by atoms with Crippen molar-refractivity contribution >= 4 is 42.6 Å². The van der Waals surface area contributed by atoms with Crippen molar-refractivity contribution in [2.45, 2.75) is 30.2 Å². The minimum Gasteiger partial charge on any atom is -0.469 e. The van der Waals surface area contributed by atoms with Gasteiger partial charge in [-0.2, -0.15) is 0 Å². The molecule has 1 aliphatic rings. The SMILES string of the molecule is COC(=O)CC1CCn2c1cc1c(Br)cc(S(C)(=O)=O)cc12. The highest BCUT2D eigenvalue weighted by Crippen LogP contribution is 2.39. The molecule has 1 aliphatic heterocycles. The largest absolute Gasteiger partial charge is 0.469 e. The van der Waals surface area contributed by atoms with Crippen LogP contribution < -0.4 is 0 Å². The van der Waals surface area contributed by atoms with Gasteiger partial charge in [0, 0.05) is 34.3 Å². The maximum absolute atomic E-state index is 11.8. The topological polar surface area (TPSA) is 65.4 Å². The monoisotopic (exact) mass is 385 g/mol. The number of esters is 1. The summed E-state index contributed by atoms with van der Waals surface area (Å²) in [5.41, 5.74) is 1.95. The molecule has 0 bridgehead atoms. The first kappa shape index (κ1) is 15.6. The Morgan fingerprint density at radius 1 is 1.41 bits per heavy atom. The lowest BCUT2D eigenvalue weighted by molar-refractivity contribution is -0.141. The fraction of sp³-hybridized carbons (Fsp3) is 0.400. The molecule has 0 saturated carbocycles. The molecule has 118 valence electrons. The van der Waals surface area contributed by atoms with E-state index in [1.807, 2.05) is 6.07 Å². The number of ether oxygens (including phenoxy) is 1. The molecule has 5 nitrogen and oxygen atoms in total. The second-order valence-corrected chi connectivity index (χ2v) is 8.47. The van der Waals surface area contributed by atoms with Gasteiger partial charge in [-0.1, -0.05) is 15.9 Å². The lowest BCUT2D eigenvalue weighted by atomic mass is 10.0. The van der Waals surface area contributed by atoms with Gasteiger partial charge in [0.15, 0.2) is 9.84 Å². The number of fused-ring (bicyclic) bond motifs is 3. The van der Waals surface area contributed by atoms with E-state index in [1.165, 1.54) is 13.4 Å². The summed E-state index contributed by atoms with van der Waals surface area (Å²) in [6.45, 7) is 0.778. The number of aromatic nitrogens is 1. The van der Waals surface area contributed by atoms with E-state index in [4.69, 9.17) is 4.74 Å². The van der Waals surface area contributed by atoms with E-state index in [1.54, 1.807) is 12.1 Å². The molecule has 0 saturated heterocycles. The summed E-state index contributed by atoms with van der Waals surface area (Å²) in [6, 6.07) is 5.37. The number of carbonyl (C=O) groups is 1. The normalized spacial score (nSPS) is 17.7. The average molecular weight is 386 g/mol. The number of hydrogen-bond donors (Lipinski definition) is 0. The zero-order valence-electron chi connectivity index (χ0n) is 12.3. The summed E-state index contributed by atoms with van der Waals surface area (Å²) in [5.74, 6) is -0.104. The van der Waals surface area contributed by atoms with Gasteiger partial charge in [-0.3, -0.25) is 4.79 Å². The maximum atomic E-state index is 11.8. The second kappa shape index (κ2) is 5.38. The molecule has 3 rings (SSSR count). The molecule has 1 aromatic heterocycles. The molecule has 0 N–H and O–H groups in total. The van der Waals surface area contributed by atoms with Crippen LogP contribution in [-0.2, 0) is 25.9 Å². The molecular formula is C15H16BrNO4S. The minimum atomic E-state index is -3.27.